The minimum absolute atomic E-state index is 0.316. The van der Waals surface area contributed by atoms with Crippen molar-refractivity contribution in [3.05, 3.63) is 23.4 Å². The van der Waals surface area contributed by atoms with Crippen molar-refractivity contribution in [3.63, 3.8) is 0 Å². The molecule has 2 heterocycles. The monoisotopic (exact) mass is 267 g/mol. The van der Waals surface area contributed by atoms with Crippen molar-refractivity contribution in [2.24, 2.45) is 0 Å². The highest BCUT2D eigenvalue weighted by molar-refractivity contribution is 7.98. The molecule has 0 fully saturated rings. The predicted octanol–water partition coefficient (Wildman–Crippen LogP) is 2.08. The molecule has 0 saturated heterocycles. The zero-order valence-corrected chi connectivity index (χ0v) is 10.6. The van der Waals surface area contributed by atoms with E-state index in [0.717, 1.165) is 4.90 Å². The quantitative estimate of drug-likeness (QED) is 0.810. The summed E-state index contributed by atoms with van der Waals surface area (Å²) in [6, 6.07) is 3.30. The molecule has 0 aliphatic heterocycles. The maximum Gasteiger partial charge on any atom is 0.183 e. The highest BCUT2D eigenvalue weighted by Crippen LogP contribution is 2.29. The highest BCUT2D eigenvalue weighted by Gasteiger charge is 2.11. The molecule has 0 saturated carbocycles. The van der Waals surface area contributed by atoms with Crippen LogP contribution in [0, 0.1) is 0 Å². The predicted molar refractivity (Wildman–Crippen MR) is 70.9 cm³/mol. The second kappa shape index (κ2) is 4.77. The summed E-state index contributed by atoms with van der Waals surface area (Å²) < 4.78 is 0. The van der Waals surface area contributed by atoms with Gasteiger partial charge >= 0.3 is 0 Å². The van der Waals surface area contributed by atoms with Crippen LogP contribution in [0.5, 0.6) is 0 Å². The Labute approximate surface area is 108 Å². The molecule has 0 aromatic carbocycles. The zero-order valence-electron chi connectivity index (χ0n) is 9.01. The van der Waals surface area contributed by atoms with Crippen molar-refractivity contribution >= 4 is 35.0 Å². The molecule has 88 valence electrons. The Morgan fingerprint density at radius 2 is 1.82 bits per heavy atom. The minimum Gasteiger partial charge on any atom is -0.384 e. The summed E-state index contributed by atoms with van der Waals surface area (Å²) in [6.07, 6.45) is 3.46. The molecule has 0 radical (unpaired) electrons. The van der Waals surface area contributed by atoms with Crippen LogP contribution in [0.3, 0.4) is 0 Å². The van der Waals surface area contributed by atoms with Crippen LogP contribution in [0.2, 0.25) is 5.02 Å². The van der Waals surface area contributed by atoms with Crippen molar-refractivity contribution in [1.82, 2.24) is 15.0 Å². The van der Waals surface area contributed by atoms with Crippen LogP contribution in [0.15, 0.2) is 23.2 Å². The smallest absolute Gasteiger partial charge is 0.183 e. The Kier molecular flexibility index (Phi) is 3.35. The fraction of sp³-hybridized carbons (Fsp3) is 0.100. The van der Waals surface area contributed by atoms with Crippen molar-refractivity contribution in [2.75, 3.05) is 17.7 Å². The molecular weight excluding hydrogens is 258 g/mol. The number of hydrogen-bond donors (Lipinski definition) is 2. The third-order valence-corrected chi connectivity index (χ3v) is 2.97. The Morgan fingerprint density at radius 3 is 2.41 bits per heavy atom. The van der Waals surface area contributed by atoms with E-state index in [2.05, 4.69) is 15.0 Å². The van der Waals surface area contributed by atoms with E-state index in [1.807, 2.05) is 6.26 Å². The molecular formula is C10H10ClN5S. The second-order valence-electron chi connectivity index (χ2n) is 3.25. The van der Waals surface area contributed by atoms with Crippen LogP contribution < -0.4 is 11.5 Å². The fourth-order valence-corrected chi connectivity index (χ4v) is 2.14. The first kappa shape index (κ1) is 11.9. The van der Waals surface area contributed by atoms with E-state index in [9.17, 15) is 0 Å². The topological polar surface area (TPSA) is 90.7 Å². The van der Waals surface area contributed by atoms with Gasteiger partial charge in [0.05, 0.1) is 5.02 Å². The van der Waals surface area contributed by atoms with Gasteiger partial charge in [-0.15, -0.1) is 11.8 Å². The van der Waals surface area contributed by atoms with Crippen LogP contribution >= 0.6 is 23.4 Å². The van der Waals surface area contributed by atoms with E-state index < -0.39 is 0 Å². The van der Waals surface area contributed by atoms with E-state index in [1.54, 1.807) is 12.3 Å². The van der Waals surface area contributed by atoms with Crippen molar-refractivity contribution in [1.29, 1.82) is 0 Å². The number of hydrogen-bond acceptors (Lipinski definition) is 6. The van der Waals surface area contributed by atoms with Crippen molar-refractivity contribution < 1.29 is 0 Å². The second-order valence-corrected chi connectivity index (χ2v) is 4.53. The Balaban J connectivity index is 2.59. The number of thioether (sulfide) groups is 1. The third kappa shape index (κ3) is 2.59. The summed E-state index contributed by atoms with van der Waals surface area (Å²) in [5.41, 5.74) is 11.9. The molecule has 0 bridgehead atoms. The van der Waals surface area contributed by atoms with Crippen LogP contribution in [-0.2, 0) is 0 Å². The lowest BCUT2D eigenvalue weighted by molar-refractivity contribution is 1.12. The van der Waals surface area contributed by atoms with E-state index in [1.165, 1.54) is 17.8 Å². The van der Waals surface area contributed by atoms with Crippen molar-refractivity contribution in [2.45, 2.75) is 4.90 Å². The van der Waals surface area contributed by atoms with E-state index in [0.29, 0.717) is 28.2 Å². The minimum atomic E-state index is 0.316. The van der Waals surface area contributed by atoms with Gasteiger partial charge in [0.25, 0.3) is 0 Å². The first-order chi connectivity index (χ1) is 8.10. The number of nitrogens with zero attached hydrogens (tertiary/aromatic N) is 3. The Bertz CT molecular complexity index is 540. The molecule has 0 aliphatic rings. The van der Waals surface area contributed by atoms with E-state index in [-0.39, 0.29) is 0 Å². The normalized spacial score (nSPS) is 10.5. The maximum absolute atomic E-state index is 5.88. The van der Waals surface area contributed by atoms with Gasteiger partial charge in [-0.3, -0.25) is 4.98 Å². The molecule has 2 aromatic heterocycles. The number of rotatable bonds is 2. The number of anilines is 2. The Morgan fingerprint density at radius 1 is 1.18 bits per heavy atom. The number of aromatic nitrogens is 3. The van der Waals surface area contributed by atoms with Crippen LogP contribution in [0.1, 0.15) is 0 Å². The van der Waals surface area contributed by atoms with Gasteiger partial charge in [0, 0.05) is 17.2 Å². The lowest BCUT2D eigenvalue weighted by Crippen LogP contribution is -2.01. The van der Waals surface area contributed by atoms with Gasteiger partial charge in [0.2, 0.25) is 0 Å². The number of halogens is 1. The van der Waals surface area contributed by atoms with Crippen molar-refractivity contribution in [3.8, 4) is 11.5 Å². The summed E-state index contributed by atoms with van der Waals surface area (Å²) in [4.78, 5) is 13.3. The first-order valence-corrected chi connectivity index (χ1v) is 6.30. The Hall–Kier alpha value is -1.53. The molecule has 4 N–H and O–H groups in total. The van der Waals surface area contributed by atoms with Gasteiger partial charge in [-0.1, -0.05) is 11.6 Å². The maximum atomic E-state index is 5.88. The largest absolute Gasteiger partial charge is 0.384 e. The molecule has 0 unspecified atom stereocenters. The zero-order chi connectivity index (χ0) is 12.4. The van der Waals surface area contributed by atoms with Gasteiger partial charge in [-0.2, -0.15) is 0 Å². The average Bonchev–Trinajstić information content (AvgIpc) is 2.27. The molecule has 2 rings (SSSR count). The third-order valence-electron chi connectivity index (χ3n) is 2.02. The number of nitrogens with two attached hydrogens (primary N) is 2. The SMILES string of the molecule is CSc1cc(Cl)cnc1-c1nc(N)cc(N)n1. The molecule has 5 nitrogen and oxygen atoms in total. The van der Waals surface area contributed by atoms with Gasteiger partial charge in [0.15, 0.2) is 5.82 Å². The molecule has 0 spiro atoms. The van der Waals surface area contributed by atoms with Crippen LogP contribution in [-0.4, -0.2) is 21.2 Å². The first-order valence-electron chi connectivity index (χ1n) is 4.70. The molecule has 17 heavy (non-hydrogen) atoms. The molecule has 0 amide bonds. The molecule has 0 atom stereocenters. The summed E-state index contributed by atoms with van der Waals surface area (Å²) >= 11 is 7.39. The van der Waals surface area contributed by atoms with Gasteiger partial charge in [-0.05, 0) is 12.3 Å². The number of nitrogen functional groups attached to an aromatic ring is 2. The van der Waals surface area contributed by atoms with E-state index in [4.69, 9.17) is 23.1 Å². The molecule has 2 aromatic rings. The summed E-state index contributed by atoms with van der Waals surface area (Å²) in [5, 5.41) is 0.565. The van der Waals surface area contributed by atoms with Gasteiger partial charge < -0.3 is 11.5 Å². The summed E-state index contributed by atoms with van der Waals surface area (Å²) in [7, 11) is 0. The average molecular weight is 268 g/mol. The van der Waals surface area contributed by atoms with Gasteiger partial charge in [0.1, 0.15) is 17.3 Å². The van der Waals surface area contributed by atoms with Gasteiger partial charge in [-0.25, -0.2) is 9.97 Å². The molecule has 0 aliphatic carbocycles. The van der Waals surface area contributed by atoms with E-state index >= 15 is 0 Å². The fourth-order valence-electron chi connectivity index (χ4n) is 1.34. The standard InChI is InChI=1S/C10H10ClN5S/c1-17-6-2-5(11)4-14-9(6)10-15-7(12)3-8(13)16-10/h2-4H,1H3,(H4,12,13,15,16). The summed E-state index contributed by atoms with van der Waals surface area (Å²) in [6.45, 7) is 0. The highest BCUT2D eigenvalue weighted by atomic mass is 35.5. The van der Waals surface area contributed by atoms with Crippen LogP contribution in [0.25, 0.3) is 11.5 Å². The summed E-state index contributed by atoms with van der Waals surface area (Å²) in [5.74, 6) is 1.04. The lowest BCUT2D eigenvalue weighted by Gasteiger charge is -2.06. The lowest BCUT2D eigenvalue weighted by atomic mass is 10.3. The van der Waals surface area contributed by atoms with Crippen LogP contribution in [0.4, 0.5) is 11.6 Å². The number of pyridine rings is 1. The molecule has 7 heteroatoms.